The Bertz CT molecular complexity index is 341. The fourth-order valence-electron chi connectivity index (χ4n) is 1.51. The van der Waals surface area contributed by atoms with E-state index in [9.17, 15) is 0 Å². The van der Waals surface area contributed by atoms with Crippen LogP contribution >= 0.6 is 0 Å². The number of hydrogen-bond acceptors (Lipinski definition) is 3. The topological polar surface area (TPSA) is 42.2 Å². The number of aromatic nitrogens is 1. The van der Waals surface area contributed by atoms with Gasteiger partial charge in [0.25, 0.3) is 0 Å². The van der Waals surface area contributed by atoms with Crippen LogP contribution in [0.25, 0.3) is 0 Å². The number of hydrogen-bond donors (Lipinski definition) is 1. The van der Waals surface area contributed by atoms with Crippen LogP contribution in [0.15, 0.2) is 18.3 Å². The molecule has 1 aromatic heterocycles. The molecule has 0 aliphatic carbocycles. The minimum absolute atomic E-state index is 0.494. The van der Waals surface area contributed by atoms with Crippen molar-refractivity contribution in [3.63, 3.8) is 0 Å². The van der Waals surface area contributed by atoms with Gasteiger partial charge in [-0.25, -0.2) is 4.98 Å². The third-order valence-electron chi connectivity index (χ3n) is 2.16. The lowest BCUT2D eigenvalue weighted by Crippen LogP contribution is -2.27. The maximum atomic E-state index is 5.66. The fraction of sp³-hybridized carbons (Fsp3) is 0.417. The standard InChI is InChI=1S/C12H17N3/c1-3-8-15(9-4-2)12-11(10-13)6-5-7-14-12/h1,5-7H,4,8-10,13H2,2H3. The number of rotatable bonds is 5. The van der Waals surface area contributed by atoms with E-state index in [0.29, 0.717) is 13.1 Å². The Morgan fingerprint density at radius 3 is 3.00 bits per heavy atom. The van der Waals surface area contributed by atoms with Crippen molar-refractivity contribution in [2.45, 2.75) is 19.9 Å². The summed E-state index contributed by atoms with van der Waals surface area (Å²) in [5.41, 5.74) is 6.71. The molecule has 1 rings (SSSR count). The van der Waals surface area contributed by atoms with Gasteiger partial charge in [-0.2, -0.15) is 0 Å². The van der Waals surface area contributed by atoms with E-state index in [-0.39, 0.29) is 0 Å². The van der Waals surface area contributed by atoms with Crippen LogP contribution in [0.3, 0.4) is 0 Å². The van der Waals surface area contributed by atoms with Gasteiger partial charge in [-0.1, -0.05) is 18.9 Å². The second-order valence-electron chi connectivity index (χ2n) is 3.32. The van der Waals surface area contributed by atoms with Gasteiger partial charge in [0, 0.05) is 24.8 Å². The largest absolute Gasteiger partial charge is 0.345 e. The molecule has 0 bridgehead atoms. The highest BCUT2D eigenvalue weighted by molar-refractivity contribution is 5.47. The Hall–Kier alpha value is -1.53. The van der Waals surface area contributed by atoms with Crippen molar-refractivity contribution in [3.8, 4) is 12.3 Å². The van der Waals surface area contributed by atoms with Crippen LogP contribution in [0.5, 0.6) is 0 Å². The van der Waals surface area contributed by atoms with Gasteiger partial charge in [-0.3, -0.25) is 0 Å². The summed E-state index contributed by atoms with van der Waals surface area (Å²) in [7, 11) is 0. The Morgan fingerprint density at radius 1 is 1.60 bits per heavy atom. The first-order valence-corrected chi connectivity index (χ1v) is 5.15. The molecule has 0 aliphatic heterocycles. The second kappa shape index (κ2) is 6.05. The Balaban J connectivity index is 2.94. The number of pyridine rings is 1. The van der Waals surface area contributed by atoms with E-state index in [4.69, 9.17) is 12.2 Å². The van der Waals surface area contributed by atoms with Crippen LogP contribution < -0.4 is 10.6 Å². The van der Waals surface area contributed by atoms with E-state index in [2.05, 4.69) is 22.7 Å². The van der Waals surface area contributed by atoms with Gasteiger partial charge in [0.1, 0.15) is 5.82 Å². The number of nitrogens with zero attached hydrogens (tertiary/aromatic N) is 2. The van der Waals surface area contributed by atoms with Crippen LogP contribution in [0.4, 0.5) is 5.82 Å². The van der Waals surface area contributed by atoms with Crippen LogP contribution in [0, 0.1) is 12.3 Å². The molecular formula is C12H17N3. The third-order valence-corrected chi connectivity index (χ3v) is 2.16. The molecule has 0 aliphatic rings. The van der Waals surface area contributed by atoms with Crippen molar-refractivity contribution in [1.29, 1.82) is 0 Å². The summed E-state index contributed by atoms with van der Waals surface area (Å²) >= 11 is 0. The average molecular weight is 203 g/mol. The lowest BCUT2D eigenvalue weighted by atomic mass is 10.2. The van der Waals surface area contributed by atoms with E-state index < -0.39 is 0 Å². The number of terminal acetylenes is 1. The molecule has 0 unspecified atom stereocenters. The molecule has 3 nitrogen and oxygen atoms in total. The van der Waals surface area contributed by atoms with Crippen molar-refractivity contribution in [2.24, 2.45) is 5.73 Å². The summed E-state index contributed by atoms with van der Waals surface area (Å²) in [5.74, 6) is 3.56. The highest BCUT2D eigenvalue weighted by atomic mass is 15.2. The van der Waals surface area contributed by atoms with Crippen LogP contribution in [-0.4, -0.2) is 18.1 Å². The van der Waals surface area contributed by atoms with Crippen LogP contribution in [-0.2, 0) is 6.54 Å². The van der Waals surface area contributed by atoms with Crippen LogP contribution in [0.1, 0.15) is 18.9 Å². The molecule has 0 fully saturated rings. The van der Waals surface area contributed by atoms with Gasteiger partial charge in [-0.15, -0.1) is 6.42 Å². The van der Waals surface area contributed by atoms with Crippen molar-refractivity contribution < 1.29 is 0 Å². The lowest BCUT2D eigenvalue weighted by molar-refractivity contribution is 0.799. The summed E-state index contributed by atoms with van der Waals surface area (Å²) in [4.78, 5) is 6.42. The Kier molecular flexibility index (Phi) is 4.65. The normalized spacial score (nSPS) is 9.67. The molecule has 0 atom stereocenters. The van der Waals surface area contributed by atoms with Gasteiger partial charge >= 0.3 is 0 Å². The van der Waals surface area contributed by atoms with E-state index in [1.54, 1.807) is 6.20 Å². The quantitative estimate of drug-likeness (QED) is 0.735. The number of anilines is 1. The summed E-state index contributed by atoms with van der Waals surface area (Å²) in [5, 5.41) is 0. The average Bonchev–Trinajstić information content (AvgIpc) is 2.29. The zero-order valence-corrected chi connectivity index (χ0v) is 9.11. The molecule has 15 heavy (non-hydrogen) atoms. The molecular weight excluding hydrogens is 186 g/mol. The summed E-state index contributed by atoms with van der Waals surface area (Å²) in [6, 6.07) is 3.88. The summed E-state index contributed by atoms with van der Waals surface area (Å²) in [6.07, 6.45) is 8.15. The van der Waals surface area contributed by atoms with Crippen LogP contribution in [0.2, 0.25) is 0 Å². The van der Waals surface area contributed by atoms with Gasteiger partial charge in [0.2, 0.25) is 0 Å². The molecule has 0 saturated carbocycles. The predicted molar refractivity (Wildman–Crippen MR) is 63.5 cm³/mol. The zero-order chi connectivity index (χ0) is 11.1. The summed E-state index contributed by atoms with van der Waals surface area (Å²) < 4.78 is 0. The van der Waals surface area contributed by atoms with Gasteiger partial charge in [-0.05, 0) is 12.5 Å². The van der Waals surface area contributed by atoms with Gasteiger partial charge < -0.3 is 10.6 Å². The lowest BCUT2D eigenvalue weighted by Gasteiger charge is -2.22. The van der Waals surface area contributed by atoms with E-state index >= 15 is 0 Å². The maximum Gasteiger partial charge on any atom is 0.133 e. The highest BCUT2D eigenvalue weighted by Gasteiger charge is 2.09. The second-order valence-corrected chi connectivity index (χ2v) is 3.32. The minimum Gasteiger partial charge on any atom is -0.345 e. The molecule has 0 radical (unpaired) electrons. The first kappa shape index (κ1) is 11.5. The smallest absolute Gasteiger partial charge is 0.133 e. The molecule has 1 heterocycles. The number of nitrogens with two attached hydrogens (primary N) is 1. The van der Waals surface area contributed by atoms with E-state index in [1.807, 2.05) is 12.1 Å². The monoisotopic (exact) mass is 203 g/mol. The Morgan fingerprint density at radius 2 is 2.40 bits per heavy atom. The predicted octanol–water partition coefficient (Wildman–Crippen LogP) is 1.39. The molecule has 80 valence electrons. The fourth-order valence-corrected chi connectivity index (χ4v) is 1.51. The maximum absolute atomic E-state index is 5.66. The van der Waals surface area contributed by atoms with Gasteiger partial charge in [0.15, 0.2) is 0 Å². The van der Waals surface area contributed by atoms with Gasteiger partial charge in [0.05, 0.1) is 6.54 Å². The zero-order valence-electron chi connectivity index (χ0n) is 9.11. The minimum atomic E-state index is 0.494. The Labute approximate surface area is 91.3 Å². The molecule has 3 heteroatoms. The molecule has 0 amide bonds. The highest BCUT2D eigenvalue weighted by Crippen LogP contribution is 2.16. The molecule has 1 aromatic rings. The summed E-state index contributed by atoms with van der Waals surface area (Å²) in [6.45, 7) is 4.11. The van der Waals surface area contributed by atoms with E-state index in [0.717, 1.165) is 24.3 Å². The molecule has 0 spiro atoms. The van der Waals surface area contributed by atoms with Crippen molar-refractivity contribution in [2.75, 3.05) is 18.0 Å². The van der Waals surface area contributed by atoms with Crippen molar-refractivity contribution >= 4 is 5.82 Å². The molecule has 0 saturated heterocycles. The van der Waals surface area contributed by atoms with E-state index in [1.165, 1.54) is 0 Å². The third kappa shape index (κ3) is 2.97. The molecule has 0 aromatic carbocycles. The van der Waals surface area contributed by atoms with Crippen molar-refractivity contribution in [3.05, 3.63) is 23.9 Å². The SMILES string of the molecule is C#CCN(CCC)c1ncccc1CN. The van der Waals surface area contributed by atoms with Crippen molar-refractivity contribution in [1.82, 2.24) is 4.98 Å². The first-order valence-electron chi connectivity index (χ1n) is 5.15. The molecule has 2 N–H and O–H groups in total. The first-order chi connectivity index (χ1) is 7.33.